The van der Waals surface area contributed by atoms with Crippen LogP contribution in [-0.2, 0) is 13.1 Å². The molecular formula is C16H27N3S. The van der Waals surface area contributed by atoms with Crippen LogP contribution in [-0.4, -0.2) is 40.0 Å². The van der Waals surface area contributed by atoms with E-state index in [2.05, 4.69) is 59.9 Å². The molecule has 0 bridgehead atoms. The van der Waals surface area contributed by atoms with E-state index < -0.39 is 0 Å². The zero-order valence-corrected chi connectivity index (χ0v) is 13.7. The van der Waals surface area contributed by atoms with Crippen LogP contribution in [0.2, 0.25) is 0 Å². The third-order valence-electron chi connectivity index (χ3n) is 3.66. The molecule has 2 heterocycles. The van der Waals surface area contributed by atoms with E-state index in [0.717, 1.165) is 18.3 Å². The fraction of sp³-hybridized carbons (Fsp3) is 0.688. The molecule has 1 aliphatic heterocycles. The molecule has 0 aliphatic carbocycles. The van der Waals surface area contributed by atoms with Crippen molar-refractivity contribution in [3.63, 3.8) is 0 Å². The van der Waals surface area contributed by atoms with Crippen LogP contribution in [0.25, 0.3) is 0 Å². The van der Waals surface area contributed by atoms with Crippen LogP contribution in [0.15, 0.2) is 18.3 Å². The summed E-state index contributed by atoms with van der Waals surface area (Å²) < 4.78 is 0. The zero-order chi connectivity index (χ0) is 14.4. The van der Waals surface area contributed by atoms with Crippen molar-refractivity contribution in [2.75, 3.05) is 18.8 Å². The third kappa shape index (κ3) is 5.08. The summed E-state index contributed by atoms with van der Waals surface area (Å²) >= 11 is 2.12. The summed E-state index contributed by atoms with van der Waals surface area (Å²) in [6.45, 7) is 10.9. The van der Waals surface area contributed by atoms with E-state index in [1.54, 1.807) is 0 Å². The Morgan fingerprint density at radius 2 is 2.30 bits per heavy atom. The van der Waals surface area contributed by atoms with Gasteiger partial charge in [-0.05, 0) is 18.1 Å². The first kappa shape index (κ1) is 15.8. The molecule has 1 fully saturated rings. The lowest BCUT2D eigenvalue weighted by Gasteiger charge is -2.31. The largest absolute Gasteiger partial charge is 0.310 e. The van der Waals surface area contributed by atoms with Crippen LogP contribution in [0, 0.1) is 0 Å². The van der Waals surface area contributed by atoms with E-state index in [-0.39, 0.29) is 0 Å². The lowest BCUT2D eigenvalue weighted by Crippen LogP contribution is -2.37. The van der Waals surface area contributed by atoms with E-state index in [9.17, 15) is 0 Å². The fourth-order valence-electron chi connectivity index (χ4n) is 2.38. The lowest BCUT2D eigenvalue weighted by molar-refractivity contribution is 0.270. The van der Waals surface area contributed by atoms with Gasteiger partial charge in [0.25, 0.3) is 0 Å². The highest BCUT2D eigenvalue weighted by atomic mass is 32.2. The van der Waals surface area contributed by atoms with E-state index >= 15 is 0 Å². The van der Waals surface area contributed by atoms with Crippen LogP contribution in [0.4, 0.5) is 0 Å². The second-order valence-corrected chi connectivity index (χ2v) is 7.24. The minimum atomic E-state index is 0.520. The molecule has 1 aromatic heterocycles. The van der Waals surface area contributed by atoms with Gasteiger partial charge in [0.1, 0.15) is 0 Å². The number of hydrogen-bond donors (Lipinski definition) is 1. The minimum absolute atomic E-state index is 0.520. The Kier molecular flexibility index (Phi) is 6.33. The van der Waals surface area contributed by atoms with Gasteiger partial charge in [0.15, 0.2) is 0 Å². The second-order valence-electron chi connectivity index (χ2n) is 5.83. The highest BCUT2D eigenvalue weighted by molar-refractivity contribution is 8.00. The van der Waals surface area contributed by atoms with Gasteiger partial charge in [0.05, 0.1) is 5.69 Å². The van der Waals surface area contributed by atoms with Crippen LogP contribution in [0.1, 0.15) is 38.4 Å². The van der Waals surface area contributed by atoms with Gasteiger partial charge in [-0.1, -0.05) is 26.8 Å². The topological polar surface area (TPSA) is 28.2 Å². The summed E-state index contributed by atoms with van der Waals surface area (Å²) in [5.74, 6) is 1.26. The van der Waals surface area contributed by atoms with Gasteiger partial charge in [0.2, 0.25) is 0 Å². The minimum Gasteiger partial charge on any atom is -0.310 e. The van der Waals surface area contributed by atoms with Crippen molar-refractivity contribution in [3.8, 4) is 0 Å². The lowest BCUT2D eigenvalue weighted by atomic mass is 10.2. The van der Waals surface area contributed by atoms with Crippen molar-refractivity contribution in [3.05, 3.63) is 29.6 Å². The number of hydrogen-bond acceptors (Lipinski definition) is 4. The van der Waals surface area contributed by atoms with Gasteiger partial charge >= 0.3 is 0 Å². The van der Waals surface area contributed by atoms with Gasteiger partial charge in [0, 0.05) is 49.4 Å². The monoisotopic (exact) mass is 293 g/mol. The van der Waals surface area contributed by atoms with Gasteiger partial charge < -0.3 is 5.32 Å². The number of pyridine rings is 1. The first-order chi connectivity index (χ1) is 9.67. The van der Waals surface area contributed by atoms with E-state index in [1.165, 1.54) is 36.5 Å². The molecule has 20 heavy (non-hydrogen) atoms. The van der Waals surface area contributed by atoms with Crippen molar-refractivity contribution in [1.29, 1.82) is 0 Å². The first-order valence-electron chi connectivity index (χ1n) is 7.68. The van der Waals surface area contributed by atoms with Gasteiger partial charge in [-0.15, -0.1) is 0 Å². The zero-order valence-electron chi connectivity index (χ0n) is 12.9. The highest BCUT2D eigenvalue weighted by Gasteiger charge is 2.19. The Morgan fingerprint density at radius 3 is 2.95 bits per heavy atom. The standard InChI is InChI=1S/C16H27N3S/c1-4-16-12-19(7-8-20-16)11-15-6-5-14(10-18-15)9-17-13(2)3/h5-6,10,13,16-17H,4,7-9,11-12H2,1-3H3. The molecule has 1 atom stereocenters. The Balaban J connectivity index is 1.83. The van der Waals surface area contributed by atoms with Crippen LogP contribution >= 0.6 is 11.8 Å². The van der Waals surface area contributed by atoms with E-state index in [0.29, 0.717) is 6.04 Å². The van der Waals surface area contributed by atoms with Crippen LogP contribution < -0.4 is 5.32 Å². The maximum Gasteiger partial charge on any atom is 0.0544 e. The summed E-state index contributed by atoms with van der Waals surface area (Å²) in [6, 6.07) is 4.90. The summed E-state index contributed by atoms with van der Waals surface area (Å²) in [5, 5.41) is 4.23. The molecular weight excluding hydrogens is 266 g/mol. The molecule has 0 radical (unpaired) electrons. The molecule has 4 heteroatoms. The molecule has 1 aliphatic rings. The normalized spacial score (nSPS) is 20.5. The van der Waals surface area contributed by atoms with Crippen molar-refractivity contribution in [2.24, 2.45) is 0 Å². The second kappa shape index (κ2) is 8.01. The molecule has 3 nitrogen and oxygen atoms in total. The summed E-state index contributed by atoms with van der Waals surface area (Å²) in [6.07, 6.45) is 3.29. The Morgan fingerprint density at radius 1 is 1.45 bits per heavy atom. The molecule has 1 N–H and O–H groups in total. The average molecular weight is 293 g/mol. The molecule has 2 rings (SSSR count). The SMILES string of the molecule is CCC1CN(Cc2ccc(CNC(C)C)cn2)CCS1. The number of nitrogens with one attached hydrogen (secondary N) is 1. The molecule has 0 saturated carbocycles. The van der Waals surface area contributed by atoms with Crippen molar-refractivity contribution in [2.45, 2.75) is 51.6 Å². The quantitative estimate of drug-likeness (QED) is 0.873. The van der Waals surface area contributed by atoms with Gasteiger partial charge in [-0.2, -0.15) is 11.8 Å². The smallest absolute Gasteiger partial charge is 0.0544 e. The molecule has 1 aromatic rings. The maximum atomic E-state index is 4.61. The van der Waals surface area contributed by atoms with Gasteiger partial charge in [-0.25, -0.2) is 0 Å². The number of thioether (sulfide) groups is 1. The average Bonchev–Trinajstić information content (AvgIpc) is 2.47. The Labute approximate surface area is 127 Å². The van der Waals surface area contributed by atoms with E-state index in [1.807, 2.05) is 6.20 Å². The third-order valence-corrected chi connectivity index (χ3v) is 5.04. The van der Waals surface area contributed by atoms with Crippen molar-refractivity contribution < 1.29 is 0 Å². The first-order valence-corrected chi connectivity index (χ1v) is 8.73. The number of aromatic nitrogens is 1. The molecule has 0 spiro atoms. The summed E-state index contributed by atoms with van der Waals surface area (Å²) in [5.41, 5.74) is 2.46. The summed E-state index contributed by atoms with van der Waals surface area (Å²) in [4.78, 5) is 7.15. The maximum absolute atomic E-state index is 4.61. The Bertz CT molecular complexity index is 391. The predicted octanol–water partition coefficient (Wildman–Crippen LogP) is 2.91. The van der Waals surface area contributed by atoms with E-state index in [4.69, 9.17) is 0 Å². The molecule has 1 saturated heterocycles. The van der Waals surface area contributed by atoms with Crippen LogP contribution in [0.3, 0.4) is 0 Å². The fourth-order valence-corrected chi connectivity index (χ4v) is 3.62. The van der Waals surface area contributed by atoms with Gasteiger partial charge in [-0.3, -0.25) is 9.88 Å². The van der Waals surface area contributed by atoms with Crippen molar-refractivity contribution in [1.82, 2.24) is 15.2 Å². The molecule has 1 unspecified atom stereocenters. The van der Waals surface area contributed by atoms with Crippen molar-refractivity contribution >= 4 is 11.8 Å². The van der Waals surface area contributed by atoms with Crippen LogP contribution in [0.5, 0.6) is 0 Å². The summed E-state index contributed by atoms with van der Waals surface area (Å²) in [7, 11) is 0. The Hall–Kier alpha value is -0.580. The molecule has 0 amide bonds. The predicted molar refractivity (Wildman–Crippen MR) is 88.0 cm³/mol. The molecule has 0 aromatic carbocycles. The highest BCUT2D eigenvalue weighted by Crippen LogP contribution is 2.22. The number of rotatable bonds is 6. The number of nitrogens with zero attached hydrogens (tertiary/aromatic N) is 2. The molecule has 112 valence electrons.